The lowest BCUT2D eigenvalue weighted by Crippen LogP contribution is -2.50. The van der Waals surface area contributed by atoms with Crippen molar-refractivity contribution in [1.82, 2.24) is 9.80 Å². The maximum Gasteiger partial charge on any atom is 0.323 e. The van der Waals surface area contributed by atoms with Crippen LogP contribution in [0.25, 0.3) is 0 Å². The molecule has 2 amide bonds. The van der Waals surface area contributed by atoms with Crippen molar-refractivity contribution in [2.75, 3.05) is 32.8 Å². The van der Waals surface area contributed by atoms with Gasteiger partial charge in [0.2, 0.25) is 0 Å². The second-order valence-electron chi connectivity index (χ2n) is 5.20. The van der Waals surface area contributed by atoms with Gasteiger partial charge in [-0.2, -0.15) is 0 Å². The van der Waals surface area contributed by atoms with Gasteiger partial charge in [-0.1, -0.05) is 12.8 Å². The molecule has 2 aliphatic rings. The summed E-state index contributed by atoms with van der Waals surface area (Å²) in [5.41, 5.74) is 0. The number of carboxylic acids is 1. The molecule has 1 aliphatic heterocycles. The number of ether oxygens (including phenoxy) is 1. The standard InChI is InChI=1S/C13H22N2O4/c16-12(17)10-15(11-4-1-2-5-11)13(18)14-6-3-8-19-9-7-14/h11H,1-10H2,(H,16,17). The van der Waals surface area contributed by atoms with Gasteiger partial charge in [0.1, 0.15) is 6.54 Å². The molecule has 1 saturated heterocycles. The predicted molar refractivity (Wildman–Crippen MR) is 69.0 cm³/mol. The fraction of sp³-hybridized carbons (Fsp3) is 0.846. The normalized spacial score (nSPS) is 21.2. The predicted octanol–water partition coefficient (Wildman–Crippen LogP) is 1.16. The van der Waals surface area contributed by atoms with Crippen LogP contribution in [0.4, 0.5) is 4.79 Å². The van der Waals surface area contributed by atoms with E-state index in [0.717, 1.165) is 32.1 Å². The number of hydrogen-bond donors (Lipinski definition) is 1. The molecule has 2 rings (SSSR count). The molecule has 108 valence electrons. The number of rotatable bonds is 3. The molecule has 6 nitrogen and oxygen atoms in total. The topological polar surface area (TPSA) is 70.1 Å². The average Bonchev–Trinajstić information content (AvgIpc) is 2.77. The van der Waals surface area contributed by atoms with E-state index in [1.165, 1.54) is 0 Å². The van der Waals surface area contributed by atoms with Crippen LogP contribution in [0, 0.1) is 0 Å². The molecule has 0 aromatic rings. The van der Waals surface area contributed by atoms with Crippen LogP contribution in [0.15, 0.2) is 0 Å². The van der Waals surface area contributed by atoms with Crippen LogP contribution in [-0.4, -0.2) is 65.8 Å². The Labute approximate surface area is 113 Å². The van der Waals surface area contributed by atoms with E-state index in [0.29, 0.717) is 26.3 Å². The SMILES string of the molecule is O=C(O)CN(C(=O)N1CCCOCC1)C1CCCC1. The van der Waals surface area contributed by atoms with Crippen molar-refractivity contribution < 1.29 is 19.4 Å². The fourth-order valence-electron chi connectivity index (χ4n) is 2.83. The zero-order valence-electron chi connectivity index (χ0n) is 11.2. The van der Waals surface area contributed by atoms with E-state index >= 15 is 0 Å². The van der Waals surface area contributed by atoms with Crippen molar-refractivity contribution in [1.29, 1.82) is 0 Å². The molecule has 0 bridgehead atoms. The number of amides is 2. The summed E-state index contributed by atoms with van der Waals surface area (Å²) in [5.74, 6) is -0.939. The molecule has 0 spiro atoms. The number of aliphatic carboxylic acids is 1. The van der Waals surface area contributed by atoms with E-state index in [2.05, 4.69) is 0 Å². The summed E-state index contributed by atoms with van der Waals surface area (Å²) in [6, 6.07) is -0.0485. The van der Waals surface area contributed by atoms with Gasteiger partial charge in [0, 0.05) is 25.7 Å². The van der Waals surface area contributed by atoms with Gasteiger partial charge in [0.05, 0.1) is 6.61 Å². The minimum Gasteiger partial charge on any atom is -0.480 e. The fourth-order valence-corrected chi connectivity index (χ4v) is 2.83. The summed E-state index contributed by atoms with van der Waals surface area (Å²) < 4.78 is 5.33. The molecular weight excluding hydrogens is 248 g/mol. The van der Waals surface area contributed by atoms with Crippen molar-refractivity contribution in [3.8, 4) is 0 Å². The third-order valence-electron chi connectivity index (χ3n) is 3.81. The molecule has 0 radical (unpaired) electrons. The van der Waals surface area contributed by atoms with Crippen LogP contribution in [0.2, 0.25) is 0 Å². The lowest BCUT2D eigenvalue weighted by atomic mass is 10.2. The summed E-state index contributed by atoms with van der Waals surface area (Å²) in [5, 5.41) is 9.01. The van der Waals surface area contributed by atoms with E-state index in [-0.39, 0.29) is 18.6 Å². The van der Waals surface area contributed by atoms with E-state index in [1.807, 2.05) is 0 Å². The zero-order chi connectivity index (χ0) is 13.7. The highest BCUT2D eigenvalue weighted by molar-refractivity contribution is 5.80. The second kappa shape index (κ2) is 6.75. The Morgan fingerprint density at radius 2 is 1.89 bits per heavy atom. The van der Waals surface area contributed by atoms with E-state index in [9.17, 15) is 9.59 Å². The quantitative estimate of drug-likeness (QED) is 0.835. The molecular formula is C13H22N2O4. The Bertz CT molecular complexity index is 321. The number of carbonyl (C=O) groups is 2. The summed E-state index contributed by atoms with van der Waals surface area (Å²) in [6.07, 6.45) is 4.82. The summed E-state index contributed by atoms with van der Waals surface area (Å²) in [6.45, 7) is 2.23. The summed E-state index contributed by atoms with van der Waals surface area (Å²) >= 11 is 0. The third-order valence-corrected chi connectivity index (χ3v) is 3.81. The monoisotopic (exact) mass is 270 g/mol. The molecule has 0 aromatic heterocycles. The largest absolute Gasteiger partial charge is 0.480 e. The van der Waals surface area contributed by atoms with E-state index < -0.39 is 5.97 Å². The molecule has 1 N–H and O–H groups in total. The van der Waals surface area contributed by atoms with Gasteiger partial charge in [-0.25, -0.2) is 4.79 Å². The molecule has 0 atom stereocenters. The van der Waals surface area contributed by atoms with Gasteiger partial charge < -0.3 is 19.6 Å². The first-order valence-corrected chi connectivity index (χ1v) is 7.03. The molecule has 1 aliphatic carbocycles. The van der Waals surface area contributed by atoms with Crippen molar-refractivity contribution in [2.24, 2.45) is 0 Å². The summed E-state index contributed by atoms with van der Waals surface area (Å²) in [7, 11) is 0. The van der Waals surface area contributed by atoms with Gasteiger partial charge >= 0.3 is 12.0 Å². The van der Waals surface area contributed by atoms with E-state index in [1.54, 1.807) is 9.80 Å². The minimum atomic E-state index is -0.939. The van der Waals surface area contributed by atoms with E-state index in [4.69, 9.17) is 9.84 Å². The number of carbonyl (C=O) groups excluding carboxylic acids is 1. The van der Waals surface area contributed by atoms with Crippen LogP contribution in [0.3, 0.4) is 0 Å². The molecule has 0 aromatic carbocycles. The van der Waals surface area contributed by atoms with Crippen molar-refractivity contribution >= 4 is 12.0 Å². The van der Waals surface area contributed by atoms with Crippen LogP contribution in [-0.2, 0) is 9.53 Å². The van der Waals surface area contributed by atoms with Gasteiger partial charge in [-0.05, 0) is 19.3 Å². The Morgan fingerprint density at radius 3 is 2.58 bits per heavy atom. The van der Waals surface area contributed by atoms with Crippen LogP contribution in [0.1, 0.15) is 32.1 Å². The molecule has 2 fully saturated rings. The molecule has 0 unspecified atom stereocenters. The molecule has 1 heterocycles. The van der Waals surface area contributed by atoms with Gasteiger partial charge in [-0.3, -0.25) is 4.79 Å². The smallest absolute Gasteiger partial charge is 0.323 e. The maximum absolute atomic E-state index is 12.5. The number of carboxylic acid groups (broad SMARTS) is 1. The lowest BCUT2D eigenvalue weighted by Gasteiger charge is -2.32. The zero-order valence-corrected chi connectivity index (χ0v) is 11.2. The van der Waals surface area contributed by atoms with Gasteiger partial charge in [0.25, 0.3) is 0 Å². The van der Waals surface area contributed by atoms with Crippen molar-refractivity contribution in [3.63, 3.8) is 0 Å². The minimum absolute atomic E-state index is 0.0905. The average molecular weight is 270 g/mol. The number of urea groups is 1. The molecule has 1 saturated carbocycles. The first-order chi connectivity index (χ1) is 9.18. The third kappa shape index (κ3) is 3.83. The Morgan fingerprint density at radius 1 is 1.16 bits per heavy atom. The van der Waals surface area contributed by atoms with Crippen LogP contribution >= 0.6 is 0 Å². The molecule has 19 heavy (non-hydrogen) atoms. The van der Waals surface area contributed by atoms with Gasteiger partial charge in [0.15, 0.2) is 0 Å². The molecule has 6 heteroatoms. The highest BCUT2D eigenvalue weighted by atomic mass is 16.5. The van der Waals surface area contributed by atoms with Crippen molar-refractivity contribution in [2.45, 2.75) is 38.1 Å². The Kier molecular flexibility index (Phi) is 5.01. The Hall–Kier alpha value is -1.30. The number of nitrogens with zero attached hydrogens (tertiary/aromatic N) is 2. The van der Waals surface area contributed by atoms with Crippen molar-refractivity contribution in [3.05, 3.63) is 0 Å². The van der Waals surface area contributed by atoms with Gasteiger partial charge in [-0.15, -0.1) is 0 Å². The van der Waals surface area contributed by atoms with Crippen LogP contribution < -0.4 is 0 Å². The second-order valence-corrected chi connectivity index (χ2v) is 5.20. The highest BCUT2D eigenvalue weighted by Gasteiger charge is 2.31. The summed E-state index contributed by atoms with van der Waals surface area (Å²) in [4.78, 5) is 26.8. The first kappa shape index (κ1) is 14.1. The lowest BCUT2D eigenvalue weighted by molar-refractivity contribution is -0.138. The maximum atomic E-state index is 12.5. The Balaban J connectivity index is 2.02. The van der Waals surface area contributed by atoms with Crippen LogP contribution in [0.5, 0.6) is 0 Å². The first-order valence-electron chi connectivity index (χ1n) is 7.03. The number of hydrogen-bond acceptors (Lipinski definition) is 3. The highest BCUT2D eigenvalue weighted by Crippen LogP contribution is 2.24.